The summed E-state index contributed by atoms with van der Waals surface area (Å²) in [7, 11) is 0. The number of likely N-dealkylation sites (tertiary alicyclic amines) is 1. The Kier molecular flexibility index (Phi) is 5.45. The molecule has 3 aromatic heterocycles. The summed E-state index contributed by atoms with van der Waals surface area (Å²) < 4.78 is 48.2. The van der Waals surface area contributed by atoms with E-state index in [0.29, 0.717) is 13.1 Å². The summed E-state index contributed by atoms with van der Waals surface area (Å²) in [4.78, 5) is 31.1. The molecule has 1 aliphatic heterocycles. The number of piperidine rings is 1. The maximum absolute atomic E-state index is 13.9. The lowest BCUT2D eigenvalue weighted by atomic mass is 9.98. The fourth-order valence-corrected chi connectivity index (χ4v) is 4.47. The standard InChI is InChI=1S/C23H21F3N6O3/c1-12-16(21-29-28-20(35-21)15-9-6-10-31(11-15)13(2)33)22(34)32-19(27-12)17(14-7-4-3-5-8-14)18(30-32)23(24,25)26/h3-5,7-8,15,30H,6,9-11H2,1-2H3. The zero-order valence-corrected chi connectivity index (χ0v) is 18.9. The van der Waals surface area contributed by atoms with E-state index in [4.69, 9.17) is 4.42 Å². The molecule has 0 bridgehead atoms. The van der Waals surface area contributed by atoms with Crippen LogP contribution in [0.1, 0.15) is 43.0 Å². The molecule has 12 heteroatoms. The van der Waals surface area contributed by atoms with E-state index in [1.807, 2.05) is 0 Å². The number of aromatic amines is 1. The first-order valence-corrected chi connectivity index (χ1v) is 11.0. The number of amides is 1. The molecule has 1 aliphatic rings. The van der Waals surface area contributed by atoms with Gasteiger partial charge in [0.15, 0.2) is 5.65 Å². The molecule has 9 nitrogen and oxygen atoms in total. The van der Waals surface area contributed by atoms with E-state index in [9.17, 15) is 22.8 Å². The summed E-state index contributed by atoms with van der Waals surface area (Å²) in [5.41, 5.74) is -1.90. The summed E-state index contributed by atoms with van der Waals surface area (Å²) in [6, 6.07) is 7.94. The van der Waals surface area contributed by atoms with Crippen molar-refractivity contribution < 1.29 is 22.4 Å². The first kappa shape index (κ1) is 22.8. The highest BCUT2D eigenvalue weighted by molar-refractivity contribution is 5.81. The number of carbonyl (C=O) groups is 1. The summed E-state index contributed by atoms with van der Waals surface area (Å²) >= 11 is 0. The van der Waals surface area contributed by atoms with E-state index < -0.39 is 17.4 Å². The maximum Gasteiger partial charge on any atom is 0.433 e. The number of aryl methyl sites for hydroxylation is 1. The Hall–Kier alpha value is -3.96. The zero-order valence-electron chi connectivity index (χ0n) is 18.9. The Bertz CT molecular complexity index is 1470. The third kappa shape index (κ3) is 3.98. The number of alkyl halides is 3. The molecule has 1 unspecified atom stereocenters. The molecule has 1 aromatic carbocycles. The van der Waals surface area contributed by atoms with Gasteiger partial charge in [-0.3, -0.25) is 14.7 Å². The molecular formula is C23H21F3N6O3. The normalized spacial score (nSPS) is 16.7. The second-order valence-electron chi connectivity index (χ2n) is 8.51. The topological polar surface area (TPSA) is 109 Å². The molecule has 1 saturated heterocycles. The average Bonchev–Trinajstić information content (AvgIpc) is 3.45. The molecule has 4 aromatic rings. The van der Waals surface area contributed by atoms with E-state index in [2.05, 4.69) is 20.3 Å². The minimum Gasteiger partial charge on any atom is -0.420 e. The third-order valence-corrected chi connectivity index (χ3v) is 6.18. The van der Waals surface area contributed by atoms with Gasteiger partial charge in [-0.15, -0.1) is 10.2 Å². The summed E-state index contributed by atoms with van der Waals surface area (Å²) in [5, 5.41) is 10.2. The quantitative estimate of drug-likeness (QED) is 0.472. The number of H-pyrrole nitrogens is 1. The van der Waals surface area contributed by atoms with Crippen molar-refractivity contribution in [3.8, 4) is 22.6 Å². The number of nitrogens with zero attached hydrogens (tertiary/aromatic N) is 5. The van der Waals surface area contributed by atoms with E-state index in [1.54, 1.807) is 23.1 Å². The molecule has 1 N–H and O–H groups in total. The molecule has 1 amide bonds. The molecule has 5 rings (SSSR count). The summed E-state index contributed by atoms with van der Waals surface area (Å²) in [5.74, 6) is -0.115. The van der Waals surface area contributed by atoms with Crippen LogP contribution in [0, 0.1) is 6.92 Å². The van der Waals surface area contributed by atoms with Gasteiger partial charge < -0.3 is 9.32 Å². The van der Waals surface area contributed by atoms with Gasteiger partial charge in [0.1, 0.15) is 11.3 Å². The lowest BCUT2D eigenvalue weighted by Crippen LogP contribution is -2.37. The van der Waals surface area contributed by atoms with Crippen LogP contribution < -0.4 is 5.56 Å². The van der Waals surface area contributed by atoms with Crippen molar-refractivity contribution in [2.45, 2.75) is 38.8 Å². The largest absolute Gasteiger partial charge is 0.433 e. The van der Waals surface area contributed by atoms with Crippen molar-refractivity contribution in [1.82, 2.24) is 29.7 Å². The number of halogens is 3. The molecular weight excluding hydrogens is 465 g/mol. The van der Waals surface area contributed by atoms with Crippen LogP contribution in [0.5, 0.6) is 0 Å². The SMILES string of the molecule is CC(=O)N1CCCC(c2nnc(-c3c(C)nc4c(-c5ccccc5)c(C(F)(F)F)[nH]n4c3=O)o2)C1. The van der Waals surface area contributed by atoms with Crippen molar-refractivity contribution in [3.05, 3.63) is 58.0 Å². The molecule has 0 aliphatic carbocycles. The van der Waals surface area contributed by atoms with Gasteiger partial charge in [-0.1, -0.05) is 30.3 Å². The fraction of sp³-hybridized carbons (Fsp3) is 0.348. The molecule has 0 spiro atoms. The third-order valence-electron chi connectivity index (χ3n) is 6.18. The number of aromatic nitrogens is 5. The number of carbonyl (C=O) groups excluding carboxylic acids is 1. The van der Waals surface area contributed by atoms with Crippen LogP contribution in [0.25, 0.3) is 28.2 Å². The van der Waals surface area contributed by atoms with Crippen molar-refractivity contribution >= 4 is 11.6 Å². The number of rotatable bonds is 3. The highest BCUT2D eigenvalue weighted by atomic mass is 19.4. The van der Waals surface area contributed by atoms with Crippen LogP contribution in [0.3, 0.4) is 0 Å². The number of nitrogens with one attached hydrogen (secondary N) is 1. The molecule has 0 radical (unpaired) electrons. The van der Waals surface area contributed by atoms with Gasteiger partial charge in [0.05, 0.1) is 17.2 Å². The Morgan fingerprint density at radius 3 is 2.60 bits per heavy atom. The van der Waals surface area contributed by atoms with Crippen molar-refractivity contribution in [2.24, 2.45) is 0 Å². The highest BCUT2D eigenvalue weighted by Gasteiger charge is 2.38. The van der Waals surface area contributed by atoms with Gasteiger partial charge in [-0.05, 0) is 25.3 Å². The van der Waals surface area contributed by atoms with Gasteiger partial charge in [0.2, 0.25) is 11.8 Å². The van der Waals surface area contributed by atoms with Gasteiger partial charge in [-0.2, -0.15) is 17.7 Å². The van der Waals surface area contributed by atoms with Crippen LogP contribution in [0.4, 0.5) is 13.2 Å². The van der Waals surface area contributed by atoms with Gasteiger partial charge in [-0.25, -0.2) is 4.98 Å². The van der Waals surface area contributed by atoms with Crippen LogP contribution in [-0.4, -0.2) is 48.7 Å². The van der Waals surface area contributed by atoms with Crippen LogP contribution >= 0.6 is 0 Å². The van der Waals surface area contributed by atoms with E-state index in [-0.39, 0.29) is 51.6 Å². The minimum absolute atomic E-state index is 0.0559. The maximum atomic E-state index is 13.9. The van der Waals surface area contributed by atoms with Gasteiger partial charge in [0.25, 0.3) is 11.4 Å². The average molecular weight is 486 g/mol. The Balaban J connectivity index is 1.62. The predicted molar refractivity (Wildman–Crippen MR) is 119 cm³/mol. The van der Waals surface area contributed by atoms with E-state index in [0.717, 1.165) is 17.4 Å². The number of benzene rings is 1. The van der Waals surface area contributed by atoms with Crippen molar-refractivity contribution in [3.63, 3.8) is 0 Å². The Labute approximate surface area is 196 Å². The summed E-state index contributed by atoms with van der Waals surface area (Å²) in [6.07, 6.45) is -3.25. The van der Waals surface area contributed by atoms with Gasteiger partial charge in [0, 0.05) is 20.0 Å². The Morgan fingerprint density at radius 1 is 1.17 bits per heavy atom. The molecule has 35 heavy (non-hydrogen) atoms. The molecule has 182 valence electrons. The second kappa shape index (κ2) is 8.36. The number of hydrogen-bond donors (Lipinski definition) is 1. The first-order valence-electron chi connectivity index (χ1n) is 11.0. The molecule has 1 fully saturated rings. The first-order chi connectivity index (χ1) is 16.6. The predicted octanol–water partition coefficient (Wildman–Crippen LogP) is 3.79. The second-order valence-corrected chi connectivity index (χ2v) is 8.51. The Morgan fingerprint density at radius 2 is 1.91 bits per heavy atom. The van der Waals surface area contributed by atoms with E-state index in [1.165, 1.54) is 26.0 Å². The molecule has 1 atom stereocenters. The van der Waals surface area contributed by atoms with Crippen molar-refractivity contribution in [1.29, 1.82) is 0 Å². The lowest BCUT2D eigenvalue weighted by Gasteiger charge is -2.30. The summed E-state index contributed by atoms with van der Waals surface area (Å²) in [6.45, 7) is 4.06. The van der Waals surface area contributed by atoms with Crippen LogP contribution in [0.2, 0.25) is 0 Å². The number of fused-ring (bicyclic) bond motifs is 1. The van der Waals surface area contributed by atoms with Crippen molar-refractivity contribution in [2.75, 3.05) is 13.1 Å². The molecule has 4 heterocycles. The minimum atomic E-state index is -4.75. The van der Waals surface area contributed by atoms with E-state index >= 15 is 0 Å². The van der Waals surface area contributed by atoms with Gasteiger partial charge >= 0.3 is 6.18 Å². The lowest BCUT2D eigenvalue weighted by molar-refractivity contribution is -0.140. The number of hydrogen-bond acceptors (Lipinski definition) is 6. The fourth-order valence-electron chi connectivity index (χ4n) is 4.47. The smallest absolute Gasteiger partial charge is 0.420 e. The van der Waals surface area contributed by atoms with Crippen LogP contribution in [-0.2, 0) is 11.0 Å². The highest BCUT2D eigenvalue weighted by Crippen LogP contribution is 2.38. The molecule has 0 saturated carbocycles. The van der Waals surface area contributed by atoms with Crippen LogP contribution in [0.15, 0.2) is 39.5 Å². The monoisotopic (exact) mass is 486 g/mol. The zero-order chi connectivity index (χ0) is 24.9.